The fourth-order valence-corrected chi connectivity index (χ4v) is 2.85. The molecule has 1 rings (SSSR count). The van der Waals surface area contributed by atoms with Crippen molar-refractivity contribution in [2.24, 2.45) is 5.73 Å². The molecule has 0 aromatic heterocycles. The van der Waals surface area contributed by atoms with Gasteiger partial charge in [0.1, 0.15) is 24.2 Å². The first-order chi connectivity index (χ1) is 14.2. The molecular formula is C18H26N4O6S2. The predicted molar refractivity (Wildman–Crippen MR) is 116 cm³/mol. The number of aliphatic carboxylic acids is 1. The lowest BCUT2D eigenvalue weighted by molar-refractivity contribution is -0.141. The highest BCUT2D eigenvalue weighted by atomic mass is 32.1. The number of hydrogen-bond donors (Lipinski definition) is 8. The Labute approximate surface area is 184 Å². The predicted octanol–water partition coefficient (Wildman–Crippen LogP) is -2.05. The van der Waals surface area contributed by atoms with Crippen LogP contribution in [0.5, 0.6) is 0 Å². The number of rotatable bonds is 12. The maximum Gasteiger partial charge on any atom is 0.327 e. The number of carbonyl (C=O) groups is 4. The Balaban J connectivity index is 2.93. The van der Waals surface area contributed by atoms with Crippen molar-refractivity contribution in [2.75, 3.05) is 18.1 Å². The van der Waals surface area contributed by atoms with Crippen molar-refractivity contribution in [3.63, 3.8) is 0 Å². The molecule has 4 unspecified atom stereocenters. The number of aliphatic hydroxyl groups is 1. The molecule has 0 aliphatic heterocycles. The molecule has 0 aliphatic rings. The molecule has 4 atom stereocenters. The van der Waals surface area contributed by atoms with Gasteiger partial charge in [-0.1, -0.05) is 30.3 Å². The minimum atomic E-state index is -1.27. The number of hydrogen-bond acceptors (Lipinski definition) is 8. The van der Waals surface area contributed by atoms with Crippen LogP contribution in [0.4, 0.5) is 0 Å². The number of aliphatic hydroxyl groups excluding tert-OH is 1. The molecule has 0 saturated heterocycles. The number of carbonyl (C=O) groups excluding carboxylic acids is 3. The van der Waals surface area contributed by atoms with Crippen molar-refractivity contribution in [1.29, 1.82) is 0 Å². The Bertz CT molecular complexity index is 737. The lowest BCUT2D eigenvalue weighted by atomic mass is 10.0. The van der Waals surface area contributed by atoms with E-state index in [0.29, 0.717) is 0 Å². The minimum absolute atomic E-state index is 0.103. The van der Waals surface area contributed by atoms with Crippen molar-refractivity contribution in [1.82, 2.24) is 16.0 Å². The van der Waals surface area contributed by atoms with E-state index in [1.54, 1.807) is 30.3 Å². The van der Waals surface area contributed by atoms with Gasteiger partial charge in [0.25, 0.3) is 0 Å². The second kappa shape index (κ2) is 13.1. The van der Waals surface area contributed by atoms with E-state index in [9.17, 15) is 19.2 Å². The molecule has 10 nitrogen and oxygen atoms in total. The lowest BCUT2D eigenvalue weighted by Gasteiger charge is -2.24. The Kier molecular flexibility index (Phi) is 11.3. The molecule has 1 aromatic rings. The number of nitrogens with one attached hydrogen (secondary N) is 3. The molecule has 0 heterocycles. The summed E-state index contributed by atoms with van der Waals surface area (Å²) < 4.78 is 0. The fraction of sp³-hybridized carbons (Fsp3) is 0.444. The van der Waals surface area contributed by atoms with Gasteiger partial charge >= 0.3 is 5.97 Å². The standard InChI is InChI=1S/C18H26N4O6S2/c19-11(7-23)15(24)20-12(6-10-4-2-1-3-5-10)16(25)21-13(8-29)17(26)22-14(9-30)18(27)28/h1-5,11-14,23,29-30H,6-9,19H2,(H,20,24)(H,21,25)(H,22,26)(H,27,28). The fourth-order valence-electron chi connectivity index (χ4n) is 2.34. The molecule has 0 radical (unpaired) electrons. The smallest absolute Gasteiger partial charge is 0.327 e. The molecule has 0 bridgehead atoms. The van der Waals surface area contributed by atoms with Gasteiger partial charge in [0.05, 0.1) is 6.61 Å². The molecular weight excluding hydrogens is 432 g/mol. The molecule has 1 aromatic carbocycles. The summed E-state index contributed by atoms with van der Waals surface area (Å²) in [4.78, 5) is 48.3. The van der Waals surface area contributed by atoms with Gasteiger partial charge in [-0.25, -0.2) is 4.79 Å². The minimum Gasteiger partial charge on any atom is -0.480 e. The average molecular weight is 459 g/mol. The molecule has 0 spiro atoms. The summed E-state index contributed by atoms with van der Waals surface area (Å²) in [5.74, 6) is -3.70. The highest BCUT2D eigenvalue weighted by Crippen LogP contribution is 2.05. The second-order valence-electron chi connectivity index (χ2n) is 6.37. The first-order valence-electron chi connectivity index (χ1n) is 8.99. The monoisotopic (exact) mass is 458 g/mol. The Morgan fingerprint density at radius 1 is 0.867 bits per heavy atom. The highest BCUT2D eigenvalue weighted by Gasteiger charge is 2.29. The first kappa shape index (κ1) is 25.8. The Hall–Kier alpha value is -2.28. The number of carboxylic acid groups (broad SMARTS) is 1. The van der Waals surface area contributed by atoms with Gasteiger partial charge in [0.15, 0.2) is 0 Å². The Morgan fingerprint density at radius 2 is 1.37 bits per heavy atom. The number of nitrogens with two attached hydrogens (primary N) is 1. The molecule has 166 valence electrons. The summed E-state index contributed by atoms with van der Waals surface area (Å²) in [6, 6.07) is 4.14. The zero-order valence-corrected chi connectivity index (χ0v) is 17.8. The van der Waals surface area contributed by atoms with Crippen LogP contribution in [0.3, 0.4) is 0 Å². The lowest BCUT2D eigenvalue weighted by Crippen LogP contribution is -2.58. The van der Waals surface area contributed by atoms with Gasteiger partial charge in [0, 0.05) is 17.9 Å². The Morgan fingerprint density at radius 3 is 1.87 bits per heavy atom. The van der Waals surface area contributed by atoms with Crippen LogP contribution in [0.2, 0.25) is 0 Å². The van der Waals surface area contributed by atoms with E-state index < -0.39 is 54.5 Å². The largest absolute Gasteiger partial charge is 0.480 e. The van der Waals surface area contributed by atoms with Crippen molar-refractivity contribution in [3.05, 3.63) is 35.9 Å². The van der Waals surface area contributed by atoms with E-state index in [1.165, 1.54) is 0 Å². The van der Waals surface area contributed by atoms with Crippen LogP contribution < -0.4 is 21.7 Å². The van der Waals surface area contributed by atoms with Gasteiger partial charge in [-0.2, -0.15) is 25.3 Å². The number of benzene rings is 1. The summed E-state index contributed by atoms with van der Waals surface area (Å²) in [5.41, 5.74) is 6.24. The highest BCUT2D eigenvalue weighted by molar-refractivity contribution is 7.80. The van der Waals surface area contributed by atoms with Crippen LogP contribution in [0.15, 0.2) is 30.3 Å². The molecule has 0 fully saturated rings. The zero-order chi connectivity index (χ0) is 22.7. The van der Waals surface area contributed by atoms with Crippen LogP contribution in [0, 0.1) is 0 Å². The van der Waals surface area contributed by atoms with Crippen LogP contribution in [0.1, 0.15) is 5.56 Å². The normalized spacial score (nSPS) is 14.7. The third-order valence-corrected chi connectivity index (χ3v) is 4.79. The summed E-state index contributed by atoms with van der Waals surface area (Å²) in [7, 11) is 0. The van der Waals surface area contributed by atoms with E-state index in [2.05, 4.69) is 41.2 Å². The zero-order valence-electron chi connectivity index (χ0n) is 16.0. The molecule has 7 N–H and O–H groups in total. The van der Waals surface area contributed by atoms with Crippen molar-refractivity contribution in [3.8, 4) is 0 Å². The van der Waals surface area contributed by atoms with E-state index in [4.69, 9.17) is 15.9 Å². The summed E-state index contributed by atoms with van der Waals surface area (Å²) in [6.45, 7) is -0.604. The third-order valence-electron chi connectivity index (χ3n) is 4.06. The summed E-state index contributed by atoms with van der Waals surface area (Å²) in [5, 5.41) is 25.3. The molecule has 0 aliphatic carbocycles. The summed E-state index contributed by atoms with van der Waals surface area (Å²) >= 11 is 7.91. The van der Waals surface area contributed by atoms with Crippen molar-refractivity contribution < 1.29 is 29.4 Å². The van der Waals surface area contributed by atoms with Crippen LogP contribution in [0.25, 0.3) is 0 Å². The maximum atomic E-state index is 12.8. The van der Waals surface area contributed by atoms with Crippen LogP contribution in [-0.2, 0) is 25.6 Å². The number of carboxylic acids is 1. The second-order valence-corrected chi connectivity index (χ2v) is 7.10. The molecule has 30 heavy (non-hydrogen) atoms. The van der Waals surface area contributed by atoms with Crippen LogP contribution >= 0.6 is 25.3 Å². The van der Waals surface area contributed by atoms with Crippen LogP contribution in [-0.4, -0.2) is 76.2 Å². The van der Waals surface area contributed by atoms with E-state index >= 15 is 0 Å². The third kappa shape index (κ3) is 8.22. The quantitative estimate of drug-likeness (QED) is 0.167. The molecule has 3 amide bonds. The SMILES string of the molecule is NC(CO)C(=O)NC(Cc1ccccc1)C(=O)NC(CS)C(=O)NC(CS)C(=O)O. The van der Waals surface area contributed by atoms with E-state index in [1.807, 2.05) is 0 Å². The number of amides is 3. The van der Waals surface area contributed by atoms with Gasteiger partial charge < -0.3 is 31.9 Å². The van der Waals surface area contributed by atoms with Gasteiger partial charge in [-0.15, -0.1) is 0 Å². The van der Waals surface area contributed by atoms with Gasteiger partial charge in [0.2, 0.25) is 17.7 Å². The maximum absolute atomic E-state index is 12.8. The first-order valence-corrected chi connectivity index (χ1v) is 10.3. The van der Waals surface area contributed by atoms with Crippen molar-refractivity contribution >= 4 is 48.9 Å². The van der Waals surface area contributed by atoms with E-state index in [-0.39, 0.29) is 17.9 Å². The van der Waals surface area contributed by atoms with Gasteiger partial charge in [-0.05, 0) is 5.56 Å². The number of thiol groups is 2. The molecule has 0 saturated carbocycles. The average Bonchev–Trinajstić information content (AvgIpc) is 2.74. The van der Waals surface area contributed by atoms with E-state index in [0.717, 1.165) is 5.56 Å². The summed E-state index contributed by atoms with van der Waals surface area (Å²) in [6.07, 6.45) is 0.103. The van der Waals surface area contributed by atoms with Gasteiger partial charge in [-0.3, -0.25) is 14.4 Å². The topological polar surface area (TPSA) is 171 Å². The molecule has 12 heteroatoms. The van der Waals surface area contributed by atoms with Crippen molar-refractivity contribution in [2.45, 2.75) is 30.6 Å².